The maximum atomic E-state index is 12.2. The zero-order chi connectivity index (χ0) is 17.8. The van der Waals surface area contributed by atoms with E-state index in [1.165, 1.54) is 6.07 Å². The minimum atomic E-state index is -0.467. The zero-order valence-corrected chi connectivity index (χ0v) is 14.1. The van der Waals surface area contributed by atoms with Crippen molar-refractivity contribution in [2.75, 3.05) is 6.61 Å². The third-order valence-corrected chi connectivity index (χ3v) is 3.75. The predicted octanol–water partition coefficient (Wildman–Crippen LogP) is 3.86. The average molecular weight is 338 g/mol. The molecule has 128 valence electrons. The summed E-state index contributed by atoms with van der Waals surface area (Å²) in [6.07, 6.45) is 0. The van der Waals surface area contributed by atoms with Crippen molar-refractivity contribution in [3.63, 3.8) is 0 Å². The molecule has 0 spiro atoms. The number of benzene rings is 2. The van der Waals surface area contributed by atoms with Gasteiger partial charge in [0.2, 0.25) is 0 Å². The highest BCUT2D eigenvalue weighted by molar-refractivity contribution is 5.89. The lowest BCUT2D eigenvalue weighted by atomic mass is 10.1. The highest BCUT2D eigenvalue weighted by Crippen LogP contribution is 2.20. The van der Waals surface area contributed by atoms with Crippen LogP contribution in [-0.4, -0.2) is 12.6 Å². The number of esters is 1. The molecular weight excluding hydrogens is 320 g/mol. The lowest BCUT2D eigenvalue weighted by Crippen LogP contribution is -2.08. The highest BCUT2D eigenvalue weighted by atomic mass is 16.5. The molecule has 0 saturated carbocycles. The van der Waals surface area contributed by atoms with Crippen molar-refractivity contribution in [1.82, 2.24) is 0 Å². The van der Waals surface area contributed by atoms with Crippen molar-refractivity contribution in [2.24, 2.45) is 0 Å². The van der Waals surface area contributed by atoms with E-state index in [1.807, 2.05) is 26.0 Å². The van der Waals surface area contributed by atoms with Gasteiger partial charge in [-0.25, -0.2) is 9.59 Å². The Hall–Kier alpha value is -3.08. The monoisotopic (exact) mass is 338 g/mol. The molecule has 0 aliphatic carbocycles. The average Bonchev–Trinajstić information content (AvgIpc) is 2.59. The van der Waals surface area contributed by atoms with Crippen LogP contribution >= 0.6 is 0 Å². The Balaban J connectivity index is 1.78. The minimum Gasteiger partial charge on any atom is -0.494 e. The summed E-state index contributed by atoms with van der Waals surface area (Å²) in [6, 6.07) is 13.6. The zero-order valence-electron chi connectivity index (χ0n) is 14.1. The van der Waals surface area contributed by atoms with Gasteiger partial charge in [-0.2, -0.15) is 0 Å². The number of hydrogen-bond acceptors (Lipinski definition) is 5. The van der Waals surface area contributed by atoms with Gasteiger partial charge in [0, 0.05) is 17.0 Å². The van der Waals surface area contributed by atoms with Crippen LogP contribution in [0.4, 0.5) is 0 Å². The summed E-state index contributed by atoms with van der Waals surface area (Å²) in [7, 11) is 0. The minimum absolute atomic E-state index is 0.00277. The van der Waals surface area contributed by atoms with Crippen LogP contribution in [0.3, 0.4) is 0 Å². The van der Waals surface area contributed by atoms with E-state index in [-0.39, 0.29) is 6.61 Å². The van der Waals surface area contributed by atoms with Gasteiger partial charge >= 0.3 is 11.6 Å². The number of fused-ring (bicyclic) bond motifs is 1. The Kier molecular flexibility index (Phi) is 4.84. The van der Waals surface area contributed by atoms with E-state index in [4.69, 9.17) is 13.9 Å². The molecule has 1 heterocycles. The standard InChI is InChI=1S/C20H18O5/c1-3-23-16-7-5-14(6-8-16)20(22)24-12-15-11-19(21)25-18-10-13(2)4-9-17(15)18/h4-11H,3,12H2,1-2H3. The van der Waals surface area contributed by atoms with Crippen LogP contribution in [0.2, 0.25) is 0 Å². The first kappa shape index (κ1) is 16.8. The van der Waals surface area contributed by atoms with Gasteiger partial charge in [0.15, 0.2) is 0 Å². The second kappa shape index (κ2) is 7.21. The lowest BCUT2D eigenvalue weighted by molar-refractivity contribution is 0.0474. The summed E-state index contributed by atoms with van der Waals surface area (Å²) in [5, 5.41) is 0.754. The smallest absolute Gasteiger partial charge is 0.338 e. The van der Waals surface area contributed by atoms with Crippen LogP contribution in [0, 0.1) is 6.92 Å². The first-order valence-corrected chi connectivity index (χ1v) is 8.00. The van der Waals surface area contributed by atoms with Crippen LogP contribution in [0.25, 0.3) is 11.0 Å². The molecule has 0 radical (unpaired) electrons. The van der Waals surface area contributed by atoms with Crippen molar-refractivity contribution in [3.05, 3.63) is 75.6 Å². The number of ether oxygens (including phenoxy) is 2. The van der Waals surface area contributed by atoms with Crippen LogP contribution in [0.5, 0.6) is 5.75 Å². The van der Waals surface area contributed by atoms with E-state index in [2.05, 4.69) is 0 Å². The number of carbonyl (C=O) groups excluding carboxylic acids is 1. The Morgan fingerprint density at radius 2 is 1.84 bits per heavy atom. The fourth-order valence-corrected chi connectivity index (χ4v) is 2.54. The molecule has 1 aromatic heterocycles. The topological polar surface area (TPSA) is 65.7 Å². The third kappa shape index (κ3) is 3.88. The Labute approximate surface area is 144 Å². The fraction of sp³-hybridized carbons (Fsp3) is 0.200. The third-order valence-electron chi connectivity index (χ3n) is 3.75. The van der Waals surface area contributed by atoms with E-state index < -0.39 is 11.6 Å². The summed E-state index contributed by atoms with van der Waals surface area (Å²) in [6.45, 7) is 4.37. The first-order chi connectivity index (χ1) is 12.1. The quantitative estimate of drug-likeness (QED) is 0.522. The number of carbonyl (C=O) groups is 1. The summed E-state index contributed by atoms with van der Waals surface area (Å²) in [4.78, 5) is 23.9. The normalized spacial score (nSPS) is 10.6. The van der Waals surface area contributed by atoms with Crippen LogP contribution in [0.15, 0.2) is 57.7 Å². The highest BCUT2D eigenvalue weighted by Gasteiger charge is 2.11. The molecule has 5 nitrogen and oxygen atoms in total. The molecule has 0 aliphatic rings. The van der Waals surface area contributed by atoms with E-state index in [9.17, 15) is 9.59 Å². The molecule has 0 bridgehead atoms. The van der Waals surface area contributed by atoms with Crippen molar-refractivity contribution in [2.45, 2.75) is 20.5 Å². The van der Waals surface area contributed by atoms with E-state index in [0.29, 0.717) is 29.1 Å². The maximum Gasteiger partial charge on any atom is 0.338 e. The lowest BCUT2D eigenvalue weighted by Gasteiger charge is -2.08. The van der Waals surface area contributed by atoms with Gasteiger partial charge in [-0.05, 0) is 49.7 Å². The molecule has 0 N–H and O–H groups in total. The van der Waals surface area contributed by atoms with Crippen LogP contribution < -0.4 is 10.4 Å². The maximum absolute atomic E-state index is 12.2. The number of rotatable bonds is 5. The molecular formula is C20H18O5. The molecule has 0 aliphatic heterocycles. The van der Waals surface area contributed by atoms with E-state index in [0.717, 1.165) is 10.9 Å². The molecule has 2 aromatic carbocycles. The molecule has 0 atom stereocenters. The molecule has 0 fully saturated rings. The number of hydrogen-bond donors (Lipinski definition) is 0. The van der Waals surface area contributed by atoms with Crippen molar-refractivity contribution >= 4 is 16.9 Å². The Bertz CT molecular complexity index is 954. The first-order valence-electron chi connectivity index (χ1n) is 8.00. The molecule has 3 aromatic rings. The predicted molar refractivity (Wildman–Crippen MR) is 94.0 cm³/mol. The second-order valence-corrected chi connectivity index (χ2v) is 5.62. The van der Waals surface area contributed by atoms with Gasteiger partial charge in [0.25, 0.3) is 0 Å². The fourth-order valence-electron chi connectivity index (χ4n) is 2.54. The summed E-state index contributed by atoms with van der Waals surface area (Å²) in [5.74, 6) is 0.234. The molecule has 25 heavy (non-hydrogen) atoms. The SMILES string of the molecule is CCOc1ccc(C(=O)OCc2cc(=O)oc3cc(C)ccc23)cc1. The summed E-state index contributed by atoms with van der Waals surface area (Å²) in [5.41, 5.74) is 2.04. The summed E-state index contributed by atoms with van der Waals surface area (Å²) >= 11 is 0. The molecule has 3 rings (SSSR count). The molecule has 0 amide bonds. The Morgan fingerprint density at radius 1 is 1.08 bits per heavy atom. The van der Waals surface area contributed by atoms with Crippen LogP contribution in [-0.2, 0) is 11.3 Å². The molecule has 0 saturated heterocycles. The molecule has 0 unspecified atom stereocenters. The van der Waals surface area contributed by atoms with Crippen molar-refractivity contribution < 1.29 is 18.7 Å². The van der Waals surface area contributed by atoms with Gasteiger partial charge in [0.1, 0.15) is 17.9 Å². The number of aryl methyl sites for hydroxylation is 1. The van der Waals surface area contributed by atoms with Crippen LogP contribution in [0.1, 0.15) is 28.4 Å². The van der Waals surface area contributed by atoms with Gasteiger partial charge in [0.05, 0.1) is 12.2 Å². The van der Waals surface area contributed by atoms with E-state index >= 15 is 0 Å². The van der Waals surface area contributed by atoms with Crippen molar-refractivity contribution in [1.29, 1.82) is 0 Å². The van der Waals surface area contributed by atoms with Gasteiger partial charge < -0.3 is 13.9 Å². The van der Waals surface area contributed by atoms with Gasteiger partial charge in [-0.15, -0.1) is 0 Å². The van der Waals surface area contributed by atoms with E-state index in [1.54, 1.807) is 30.3 Å². The van der Waals surface area contributed by atoms with Gasteiger partial charge in [-0.1, -0.05) is 12.1 Å². The summed E-state index contributed by atoms with van der Waals surface area (Å²) < 4.78 is 15.9. The second-order valence-electron chi connectivity index (χ2n) is 5.62. The largest absolute Gasteiger partial charge is 0.494 e. The van der Waals surface area contributed by atoms with Crippen molar-refractivity contribution in [3.8, 4) is 5.75 Å². The Morgan fingerprint density at radius 3 is 2.56 bits per heavy atom. The van der Waals surface area contributed by atoms with Gasteiger partial charge in [-0.3, -0.25) is 0 Å². The molecule has 5 heteroatoms.